The Bertz CT molecular complexity index is 622. The SMILES string of the molecule is O=[N+]([O-])c1ccc2nc(SCC3CCNCC3)[nH]c2c1. The van der Waals surface area contributed by atoms with Gasteiger partial charge in [0.15, 0.2) is 5.16 Å². The topological polar surface area (TPSA) is 83.8 Å². The number of non-ortho nitro benzene ring substituents is 1. The molecule has 0 atom stereocenters. The molecule has 6 nitrogen and oxygen atoms in total. The zero-order valence-electron chi connectivity index (χ0n) is 11.0. The number of hydrogen-bond acceptors (Lipinski definition) is 5. The van der Waals surface area contributed by atoms with E-state index in [1.807, 2.05) is 0 Å². The van der Waals surface area contributed by atoms with E-state index in [4.69, 9.17) is 0 Å². The Labute approximate surface area is 120 Å². The normalized spacial score (nSPS) is 16.6. The van der Waals surface area contributed by atoms with Crippen LogP contribution < -0.4 is 5.32 Å². The van der Waals surface area contributed by atoms with Gasteiger partial charge in [-0.3, -0.25) is 10.1 Å². The van der Waals surface area contributed by atoms with Gasteiger partial charge in [-0.25, -0.2) is 4.98 Å². The highest BCUT2D eigenvalue weighted by atomic mass is 32.2. The summed E-state index contributed by atoms with van der Waals surface area (Å²) in [5.74, 6) is 1.77. The molecule has 7 heteroatoms. The lowest BCUT2D eigenvalue weighted by molar-refractivity contribution is -0.384. The quantitative estimate of drug-likeness (QED) is 0.514. The van der Waals surface area contributed by atoms with E-state index >= 15 is 0 Å². The molecule has 1 aliphatic heterocycles. The standard InChI is InChI=1S/C13H16N4O2S/c18-17(19)10-1-2-11-12(7-10)16-13(15-11)20-8-9-3-5-14-6-4-9/h1-2,7,9,14H,3-6,8H2,(H,15,16). The van der Waals surface area contributed by atoms with Crippen molar-refractivity contribution in [2.75, 3.05) is 18.8 Å². The van der Waals surface area contributed by atoms with E-state index in [1.54, 1.807) is 17.8 Å². The van der Waals surface area contributed by atoms with Crippen LogP contribution in [-0.4, -0.2) is 33.7 Å². The van der Waals surface area contributed by atoms with Crippen LogP contribution in [-0.2, 0) is 0 Å². The predicted molar refractivity (Wildman–Crippen MR) is 79.1 cm³/mol. The number of piperidine rings is 1. The molecule has 106 valence electrons. The smallest absolute Gasteiger partial charge is 0.271 e. The molecule has 2 N–H and O–H groups in total. The van der Waals surface area contributed by atoms with Crippen molar-refractivity contribution in [2.45, 2.75) is 18.0 Å². The highest BCUT2D eigenvalue weighted by molar-refractivity contribution is 7.99. The number of aromatic nitrogens is 2. The first-order valence-corrected chi connectivity index (χ1v) is 7.68. The lowest BCUT2D eigenvalue weighted by Crippen LogP contribution is -2.28. The van der Waals surface area contributed by atoms with Crippen LogP contribution in [0.3, 0.4) is 0 Å². The number of nitrogens with one attached hydrogen (secondary N) is 2. The second-order valence-corrected chi connectivity index (χ2v) is 6.01. The summed E-state index contributed by atoms with van der Waals surface area (Å²) in [6.07, 6.45) is 2.41. The van der Waals surface area contributed by atoms with Gasteiger partial charge in [0.1, 0.15) is 0 Å². The number of H-pyrrole nitrogens is 1. The van der Waals surface area contributed by atoms with Gasteiger partial charge in [-0.2, -0.15) is 0 Å². The largest absolute Gasteiger partial charge is 0.333 e. The minimum absolute atomic E-state index is 0.0936. The highest BCUT2D eigenvalue weighted by Crippen LogP contribution is 2.26. The second kappa shape index (κ2) is 5.80. The maximum Gasteiger partial charge on any atom is 0.271 e. The molecule has 1 aromatic carbocycles. The number of thioether (sulfide) groups is 1. The molecule has 0 bridgehead atoms. The molecular weight excluding hydrogens is 276 g/mol. The molecule has 0 unspecified atom stereocenters. The Morgan fingerprint density at radius 2 is 2.20 bits per heavy atom. The van der Waals surface area contributed by atoms with Crippen molar-refractivity contribution in [3.05, 3.63) is 28.3 Å². The van der Waals surface area contributed by atoms with Crippen LogP contribution in [0.4, 0.5) is 5.69 Å². The Hall–Kier alpha value is -1.60. The van der Waals surface area contributed by atoms with Gasteiger partial charge in [-0.1, -0.05) is 11.8 Å². The molecule has 1 fully saturated rings. The summed E-state index contributed by atoms with van der Waals surface area (Å²) in [7, 11) is 0. The van der Waals surface area contributed by atoms with E-state index < -0.39 is 0 Å². The molecule has 1 aromatic heterocycles. The second-order valence-electron chi connectivity index (χ2n) is 5.00. The lowest BCUT2D eigenvalue weighted by atomic mass is 10.0. The summed E-state index contributed by atoms with van der Waals surface area (Å²) in [4.78, 5) is 18.0. The minimum Gasteiger partial charge on any atom is -0.333 e. The number of fused-ring (bicyclic) bond motifs is 1. The molecule has 2 aromatic rings. The highest BCUT2D eigenvalue weighted by Gasteiger charge is 2.15. The van der Waals surface area contributed by atoms with Crippen molar-refractivity contribution in [1.82, 2.24) is 15.3 Å². The molecule has 1 saturated heterocycles. The number of rotatable bonds is 4. The van der Waals surface area contributed by atoms with Crippen molar-refractivity contribution in [1.29, 1.82) is 0 Å². The number of nitro benzene ring substituents is 1. The fourth-order valence-electron chi connectivity index (χ4n) is 2.40. The number of nitrogens with zero attached hydrogens (tertiary/aromatic N) is 2. The maximum atomic E-state index is 10.7. The average molecular weight is 292 g/mol. The third-order valence-corrected chi connectivity index (χ3v) is 4.67. The fraction of sp³-hybridized carbons (Fsp3) is 0.462. The van der Waals surface area contributed by atoms with Crippen molar-refractivity contribution < 1.29 is 4.92 Å². The van der Waals surface area contributed by atoms with Gasteiger partial charge in [0.05, 0.1) is 16.0 Å². The van der Waals surface area contributed by atoms with Crippen molar-refractivity contribution in [2.24, 2.45) is 5.92 Å². The molecule has 3 rings (SSSR count). The van der Waals surface area contributed by atoms with Gasteiger partial charge < -0.3 is 10.3 Å². The minimum atomic E-state index is -0.387. The lowest BCUT2D eigenvalue weighted by Gasteiger charge is -2.21. The summed E-state index contributed by atoms with van der Waals surface area (Å²) in [5, 5.41) is 14.9. The number of nitro groups is 1. The summed E-state index contributed by atoms with van der Waals surface area (Å²) in [5.41, 5.74) is 1.60. The van der Waals surface area contributed by atoms with E-state index in [0.717, 1.165) is 41.0 Å². The average Bonchev–Trinajstić information content (AvgIpc) is 2.88. The van der Waals surface area contributed by atoms with Crippen molar-refractivity contribution >= 4 is 28.5 Å². The van der Waals surface area contributed by atoms with Crippen LogP contribution in [0.25, 0.3) is 11.0 Å². The van der Waals surface area contributed by atoms with E-state index in [2.05, 4.69) is 15.3 Å². The van der Waals surface area contributed by atoms with E-state index in [1.165, 1.54) is 25.0 Å². The monoisotopic (exact) mass is 292 g/mol. The molecule has 0 spiro atoms. The maximum absolute atomic E-state index is 10.7. The molecule has 0 saturated carbocycles. The number of benzene rings is 1. The Kier molecular flexibility index (Phi) is 3.88. The van der Waals surface area contributed by atoms with Gasteiger partial charge in [0, 0.05) is 17.9 Å². The number of imidazole rings is 1. The van der Waals surface area contributed by atoms with E-state index in [-0.39, 0.29) is 10.6 Å². The van der Waals surface area contributed by atoms with Crippen LogP contribution in [0.1, 0.15) is 12.8 Å². The number of aromatic amines is 1. The van der Waals surface area contributed by atoms with Crippen LogP contribution in [0.2, 0.25) is 0 Å². The number of hydrogen-bond donors (Lipinski definition) is 2. The van der Waals surface area contributed by atoms with Gasteiger partial charge in [-0.15, -0.1) is 0 Å². The first kappa shape index (κ1) is 13.4. The molecule has 0 radical (unpaired) electrons. The molecule has 1 aliphatic rings. The zero-order chi connectivity index (χ0) is 13.9. The van der Waals surface area contributed by atoms with Gasteiger partial charge in [0.25, 0.3) is 5.69 Å². The van der Waals surface area contributed by atoms with Crippen LogP contribution in [0.5, 0.6) is 0 Å². The Balaban J connectivity index is 1.70. The molecule has 0 aliphatic carbocycles. The van der Waals surface area contributed by atoms with Gasteiger partial charge >= 0.3 is 0 Å². The van der Waals surface area contributed by atoms with Crippen LogP contribution in [0, 0.1) is 16.0 Å². The summed E-state index contributed by atoms with van der Waals surface area (Å²) in [6, 6.07) is 4.72. The molecule has 20 heavy (non-hydrogen) atoms. The van der Waals surface area contributed by atoms with Crippen LogP contribution in [0.15, 0.2) is 23.4 Å². The first-order chi connectivity index (χ1) is 9.72. The Morgan fingerprint density at radius 3 is 2.95 bits per heavy atom. The van der Waals surface area contributed by atoms with Crippen molar-refractivity contribution in [3.8, 4) is 0 Å². The molecular formula is C13H16N4O2S. The molecule has 2 heterocycles. The third-order valence-electron chi connectivity index (χ3n) is 3.57. The first-order valence-electron chi connectivity index (χ1n) is 6.70. The van der Waals surface area contributed by atoms with Crippen LogP contribution >= 0.6 is 11.8 Å². The third kappa shape index (κ3) is 2.94. The van der Waals surface area contributed by atoms with Crippen molar-refractivity contribution in [3.63, 3.8) is 0 Å². The predicted octanol–water partition coefficient (Wildman–Crippen LogP) is 2.56. The van der Waals surface area contributed by atoms with E-state index in [0.29, 0.717) is 0 Å². The zero-order valence-corrected chi connectivity index (χ0v) is 11.8. The fourth-order valence-corrected chi connectivity index (χ4v) is 3.47. The summed E-state index contributed by atoms with van der Waals surface area (Å²) in [6.45, 7) is 2.19. The van der Waals surface area contributed by atoms with Gasteiger partial charge in [-0.05, 0) is 37.9 Å². The summed E-state index contributed by atoms with van der Waals surface area (Å²) >= 11 is 1.70. The van der Waals surface area contributed by atoms with Gasteiger partial charge in [0.2, 0.25) is 0 Å². The summed E-state index contributed by atoms with van der Waals surface area (Å²) < 4.78 is 0. The van der Waals surface area contributed by atoms with E-state index in [9.17, 15) is 10.1 Å². The molecule has 0 amide bonds. The Morgan fingerprint density at radius 1 is 1.40 bits per heavy atom.